The Bertz CT molecular complexity index is 1010. The zero-order valence-electron chi connectivity index (χ0n) is 19.2. The first-order chi connectivity index (χ1) is 14.5. The number of carbonyl (C=O) groups excluding carboxylic acids is 1. The number of aryl methyl sites for hydroxylation is 1. The summed E-state index contributed by atoms with van der Waals surface area (Å²) in [6.45, 7) is 11.1. The Morgan fingerprint density at radius 2 is 1.68 bits per heavy atom. The third-order valence-electron chi connectivity index (χ3n) is 6.05. The number of nitrogens with one attached hydrogen (secondary N) is 1. The molecule has 6 heteroatoms. The lowest BCUT2D eigenvalue weighted by Gasteiger charge is -2.32. The number of piperidine rings is 1. The predicted molar refractivity (Wildman–Crippen MR) is 124 cm³/mol. The van der Waals surface area contributed by atoms with E-state index in [0.717, 1.165) is 11.1 Å². The molecule has 0 aromatic heterocycles. The van der Waals surface area contributed by atoms with E-state index < -0.39 is 10.0 Å². The van der Waals surface area contributed by atoms with E-state index in [2.05, 4.69) is 50.4 Å². The van der Waals surface area contributed by atoms with Gasteiger partial charge in [0.2, 0.25) is 15.9 Å². The maximum absolute atomic E-state index is 13.0. The lowest BCUT2D eigenvalue weighted by Crippen LogP contribution is -2.45. The first-order valence-corrected chi connectivity index (χ1v) is 12.4. The highest BCUT2D eigenvalue weighted by atomic mass is 32.2. The van der Waals surface area contributed by atoms with Crippen LogP contribution in [0.5, 0.6) is 0 Å². The van der Waals surface area contributed by atoms with Crippen LogP contribution in [0.15, 0.2) is 53.4 Å². The Labute approximate surface area is 186 Å². The number of nitrogens with zero attached hydrogens (tertiary/aromatic N) is 1. The van der Waals surface area contributed by atoms with Crippen molar-refractivity contribution in [1.82, 2.24) is 9.62 Å². The van der Waals surface area contributed by atoms with Gasteiger partial charge in [-0.05, 0) is 55.4 Å². The summed E-state index contributed by atoms with van der Waals surface area (Å²) in [5.41, 5.74) is 3.39. The number of hydrogen-bond donors (Lipinski definition) is 1. The molecule has 1 heterocycles. The largest absolute Gasteiger partial charge is 0.349 e. The molecule has 1 aliphatic rings. The van der Waals surface area contributed by atoms with Crippen molar-refractivity contribution in [3.05, 3.63) is 65.2 Å². The Morgan fingerprint density at radius 3 is 2.26 bits per heavy atom. The van der Waals surface area contributed by atoms with Crippen LogP contribution in [0.4, 0.5) is 0 Å². The summed E-state index contributed by atoms with van der Waals surface area (Å²) in [5, 5.41) is 3.08. The standard InChI is InChI=1S/C25H34N2O3S/c1-18-8-14-23(15-9-18)31(29,30)27-16-6-7-21(17-27)24(28)26-19(2)20-10-12-22(13-11-20)25(3,4)5/h8-15,19,21H,6-7,16-17H2,1-5H3,(H,26,28)/t19-,21+/m0/s1. The molecule has 0 radical (unpaired) electrons. The Kier molecular flexibility index (Phi) is 6.92. The first-order valence-electron chi connectivity index (χ1n) is 11.0. The minimum Gasteiger partial charge on any atom is -0.349 e. The van der Waals surface area contributed by atoms with Crippen molar-refractivity contribution < 1.29 is 13.2 Å². The summed E-state index contributed by atoms with van der Waals surface area (Å²) >= 11 is 0. The van der Waals surface area contributed by atoms with Gasteiger partial charge in [-0.3, -0.25) is 4.79 Å². The fourth-order valence-electron chi connectivity index (χ4n) is 3.92. The number of amides is 1. The Morgan fingerprint density at radius 1 is 1.06 bits per heavy atom. The molecule has 2 aromatic carbocycles. The van der Waals surface area contributed by atoms with Gasteiger partial charge in [-0.1, -0.05) is 62.7 Å². The van der Waals surface area contributed by atoms with Crippen molar-refractivity contribution in [1.29, 1.82) is 0 Å². The van der Waals surface area contributed by atoms with Gasteiger partial charge < -0.3 is 5.32 Å². The monoisotopic (exact) mass is 442 g/mol. The molecule has 1 N–H and O–H groups in total. The van der Waals surface area contributed by atoms with Crippen molar-refractivity contribution >= 4 is 15.9 Å². The van der Waals surface area contributed by atoms with Crippen molar-refractivity contribution in [2.45, 2.75) is 63.8 Å². The van der Waals surface area contributed by atoms with Gasteiger partial charge >= 0.3 is 0 Å². The van der Waals surface area contributed by atoms with Crippen LogP contribution < -0.4 is 5.32 Å². The van der Waals surface area contributed by atoms with E-state index in [1.54, 1.807) is 24.3 Å². The van der Waals surface area contributed by atoms with E-state index >= 15 is 0 Å². The highest BCUT2D eigenvalue weighted by Gasteiger charge is 2.33. The molecule has 31 heavy (non-hydrogen) atoms. The second-order valence-electron chi connectivity index (χ2n) is 9.62. The highest BCUT2D eigenvalue weighted by molar-refractivity contribution is 7.89. The molecule has 2 aromatic rings. The number of benzene rings is 2. The predicted octanol–water partition coefficient (Wildman–Crippen LogP) is 4.57. The summed E-state index contributed by atoms with van der Waals surface area (Å²) in [6, 6.07) is 15.1. The molecule has 0 saturated carbocycles. The fourth-order valence-corrected chi connectivity index (χ4v) is 5.44. The minimum atomic E-state index is -3.59. The average molecular weight is 443 g/mol. The number of hydrogen-bond acceptors (Lipinski definition) is 3. The smallest absolute Gasteiger partial charge is 0.243 e. The van der Waals surface area contributed by atoms with Crippen LogP contribution in [0, 0.1) is 12.8 Å². The van der Waals surface area contributed by atoms with Crippen molar-refractivity contribution in [3.8, 4) is 0 Å². The molecular formula is C25H34N2O3S. The molecule has 3 rings (SSSR count). The first kappa shape index (κ1) is 23.5. The summed E-state index contributed by atoms with van der Waals surface area (Å²) in [5.74, 6) is -0.429. The topological polar surface area (TPSA) is 66.5 Å². The molecule has 1 amide bonds. The van der Waals surface area contributed by atoms with Gasteiger partial charge in [0.05, 0.1) is 16.9 Å². The fraction of sp³-hybridized carbons (Fsp3) is 0.480. The Balaban J connectivity index is 1.66. The van der Waals surface area contributed by atoms with Crippen molar-refractivity contribution in [3.63, 3.8) is 0 Å². The highest BCUT2D eigenvalue weighted by Crippen LogP contribution is 2.26. The van der Waals surface area contributed by atoms with Gasteiger partial charge in [0.1, 0.15) is 0 Å². The second kappa shape index (κ2) is 9.13. The van der Waals surface area contributed by atoms with E-state index in [-0.39, 0.29) is 34.7 Å². The lowest BCUT2D eigenvalue weighted by atomic mass is 9.86. The molecule has 5 nitrogen and oxygen atoms in total. The van der Waals surface area contributed by atoms with Crippen molar-refractivity contribution in [2.24, 2.45) is 5.92 Å². The van der Waals surface area contributed by atoms with E-state index in [0.29, 0.717) is 19.4 Å². The van der Waals surface area contributed by atoms with Crippen LogP contribution in [-0.4, -0.2) is 31.7 Å². The molecule has 168 valence electrons. The quantitative estimate of drug-likeness (QED) is 0.738. The van der Waals surface area contributed by atoms with Gasteiger partial charge in [-0.15, -0.1) is 0 Å². The van der Waals surface area contributed by atoms with Crippen LogP contribution >= 0.6 is 0 Å². The van der Waals surface area contributed by atoms with Crippen LogP contribution in [0.3, 0.4) is 0 Å². The number of carbonyl (C=O) groups is 1. The maximum Gasteiger partial charge on any atom is 0.243 e. The molecule has 0 aliphatic carbocycles. The van der Waals surface area contributed by atoms with Crippen molar-refractivity contribution in [2.75, 3.05) is 13.1 Å². The summed E-state index contributed by atoms with van der Waals surface area (Å²) in [6.07, 6.45) is 1.37. The Hall–Kier alpha value is -2.18. The number of rotatable bonds is 5. The zero-order valence-corrected chi connectivity index (χ0v) is 20.0. The SMILES string of the molecule is Cc1ccc(S(=O)(=O)N2CCC[C@@H](C(=O)N[C@@H](C)c3ccc(C(C)(C)C)cc3)C2)cc1. The van der Waals surface area contributed by atoms with Crippen LogP contribution in [-0.2, 0) is 20.2 Å². The summed E-state index contributed by atoms with van der Waals surface area (Å²) < 4.78 is 27.5. The van der Waals surface area contributed by atoms with E-state index in [4.69, 9.17) is 0 Å². The van der Waals surface area contributed by atoms with Gasteiger partial charge in [0, 0.05) is 13.1 Å². The minimum absolute atomic E-state index is 0.0829. The van der Waals surface area contributed by atoms with Crippen LogP contribution in [0.1, 0.15) is 63.3 Å². The molecule has 2 atom stereocenters. The summed E-state index contributed by atoms with van der Waals surface area (Å²) in [7, 11) is -3.59. The molecule has 0 spiro atoms. The second-order valence-corrected chi connectivity index (χ2v) is 11.6. The third-order valence-corrected chi connectivity index (χ3v) is 7.93. The average Bonchev–Trinajstić information content (AvgIpc) is 2.73. The lowest BCUT2D eigenvalue weighted by molar-refractivity contribution is -0.126. The molecule has 1 saturated heterocycles. The van der Waals surface area contributed by atoms with Crippen LogP contribution in [0.25, 0.3) is 0 Å². The van der Waals surface area contributed by atoms with E-state index in [1.807, 2.05) is 13.8 Å². The van der Waals surface area contributed by atoms with E-state index in [9.17, 15) is 13.2 Å². The van der Waals surface area contributed by atoms with Crippen LogP contribution in [0.2, 0.25) is 0 Å². The normalized spacial score (nSPS) is 19.1. The molecule has 1 aliphatic heterocycles. The van der Waals surface area contributed by atoms with Gasteiger partial charge in [0.15, 0.2) is 0 Å². The third kappa shape index (κ3) is 5.55. The zero-order chi connectivity index (χ0) is 22.8. The van der Waals surface area contributed by atoms with E-state index in [1.165, 1.54) is 9.87 Å². The molecular weight excluding hydrogens is 408 g/mol. The van der Waals surface area contributed by atoms with Gasteiger partial charge in [-0.25, -0.2) is 8.42 Å². The maximum atomic E-state index is 13.0. The number of sulfonamides is 1. The van der Waals surface area contributed by atoms with Gasteiger partial charge in [0.25, 0.3) is 0 Å². The van der Waals surface area contributed by atoms with Gasteiger partial charge in [-0.2, -0.15) is 4.31 Å². The summed E-state index contributed by atoms with van der Waals surface area (Å²) in [4.78, 5) is 13.2. The molecule has 0 unspecified atom stereocenters. The molecule has 1 fully saturated rings. The molecule has 0 bridgehead atoms.